The van der Waals surface area contributed by atoms with Gasteiger partial charge in [0.2, 0.25) is 0 Å². The molecule has 2 nitrogen and oxygen atoms in total. The molecule has 0 aromatic heterocycles. The molecule has 0 heterocycles. The van der Waals surface area contributed by atoms with Crippen LogP contribution in [0.1, 0.15) is 34.6 Å². The van der Waals surface area contributed by atoms with E-state index in [1.807, 2.05) is 0 Å². The van der Waals surface area contributed by atoms with Gasteiger partial charge in [-0.3, -0.25) is 0 Å². The van der Waals surface area contributed by atoms with E-state index in [2.05, 4.69) is 187 Å². The molecule has 0 spiro atoms. The van der Waals surface area contributed by atoms with Crippen LogP contribution in [0, 0.1) is 0 Å². The molecule has 8 aromatic rings. The van der Waals surface area contributed by atoms with Gasteiger partial charge in [-0.05, 0) is 95.1 Å². The van der Waals surface area contributed by atoms with Crippen LogP contribution in [0.5, 0.6) is 0 Å². The highest BCUT2D eigenvalue weighted by Crippen LogP contribution is 2.47. The van der Waals surface area contributed by atoms with E-state index in [1.165, 1.54) is 76.5 Å². The predicted molar refractivity (Wildman–Crippen MR) is 218 cm³/mol. The van der Waals surface area contributed by atoms with Crippen LogP contribution in [0.2, 0.25) is 0 Å². The standard InChI is InChI=1S/C49H38N2/c50-32-51-49(48-28-36-18-6-9-23-40(36)42-24-10-11-25-44(42)48)31-45(35-14-2-1-3-15-35)47-30-37(41-26-12-19-33-16-4-7-21-38(33)41)29-46(47)43-27-13-20-34-17-5-8-22-39(34)43/h1-28,30-31,45,51H,29,32,50H2/b49-31-. The van der Waals surface area contributed by atoms with Crippen molar-refractivity contribution < 1.29 is 0 Å². The summed E-state index contributed by atoms with van der Waals surface area (Å²) in [7, 11) is 0. The van der Waals surface area contributed by atoms with E-state index < -0.39 is 0 Å². The Bertz CT molecular complexity index is 2670. The van der Waals surface area contributed by atoms with Crippen LogP contribution in [-0.4, -0.2) is 6.67 Å². The first kappa shape index (κ1) is 30.8. The van der Waals surface area contributed by atoms with E-state index in [0.29, 0.717) is 6.67 Å². The Kier molecular flexibility index (Phi) is 8.00. The van der Waals surface area contributed by atoms with Gasteiger partial charge >= 0.3 is 0 Å². The van der Waals surface area contributed by atoms with Crippen molar-refractivity contribution in [1.82, 2.24) is 5.32 Å². The number of nitrogens with two attached hydrogens (primary N) is 1. The third-order valence-electron chi connectivity index (χ3n) is 10.5. The van der Waals surface area contributed by atoms with Crippen LogP contribution in [0.25, 0.3) is 59.9 Å². The molecule has 0 radical (unpaired) electrons. The summed E-state index contributed by atoms with van der Waals surface area (Å²) in [6.07, 6.45) is 5.74. The van der Waals surface area contributed by atoms with Crippen LogP contribution in [0.3, 0.4) is 0 Å². The van der Waals surface area contributed by atoms with Gasteiger partial charge in [-0.1, -0.05) is 170 Å². The Morgan fingerprint density at radius 1 is 0.549 bits per heavy atom. The molecule has 2 heteroatoms. The summed E-state index contributed by atoms with van der Waals surface area (Å²) in [5, 5.41) is 13.6. The number of hydrogen-bond donors (Lipinski definition) is 2. The molecule has 3 N–H and O–H groups in total. The molecule has 0 aliphatic heterocycles. The maximum absolute atomic E-state index is 6.35. The zero-order valence-corrected chi connectivity index (χ0v) is 28.4. The fraction of sp³-hybridized carbons (Fsp3) is 0.0612. The molecule has 51 heavy (non-hydrogen) atoms. The van der Waals surface area contributed by atoms with Crippen molar-refractivity contribution in [3.8, 4) is 0 Å². The fourth-order valence-corrected chi connectivity index (χ4v) is 8.14. The third kappa shape index (κ3) is 5.60. The van der Waals surface area contributed by atoms with Gasteiger partial charge < -0.3 is 11.1 Å². The number of fused-ring (bicyclic) bond motifs is 5. The summed E-state index contributed by atoms with van der Waals surface area (Å²) in [5.41, 5.74) is 16.3. The van der Waals surface area contributed by atoms with Crippen molar-refractivity contribution in [2.75, 3.05) is 6.67 Å². The first-order valence-electron chi connectivity index (χ1n) is 17.8. The summed E-state index contributed by atoms with van der Waals surface area (Å²) in [5.74, 6) is -0.0491. The number of benzene rings is 8. The molecule has 1 aliphatic carbocycles. The van der Waals surface area contributed by atoms with Gasteiger partial charge in [0.15, 0.2) is 0 Å². The van der Waals surface area contributed by atoms with Crippen LogP contribution < -0.4 is 11.1 Å². The molecule has 0 amide bonds. The van der Waals surface area contributed by atoms with E-state index in [9.17, 15) is 0 Å². The van der Waals surface area contributed by atoms with Gasteiger partial charge in [-0.2, -0.15) is 0 Å². The molecule has 1 aliphatic rings. The molecule has 0 fully saturated rings. The first-order chi connectivity index (χ1) is 25.3. The van der Waals surface area contributed by atoms with Crippen molar-refractivity contribution in [2.45, 2.75) is 12.3 Å². The van der Waals surface area contributed by atoms with E-state index in [0.717, 1.165) is 17.7 Å². The second kappa shape index (κ2) is 13.2. The lowest BCUT2D eigenvalue weighted by Crippen LogP contribution is -2.21. The third-order valence-corrected chi connectivity index (χ3v) is 10.5. The summed E-state index contributed by atoms with van der Waals surface area (Å²) in [6.45, 7) is 0.320. The average Bonchev–Trinajstić information content (AvgIpc) is 3.64. The van der Waals surface area contributed by atoms with E-state index in [1.54, 1.807) is 0 Å². The molecule has 0 bridgehead atoms. The molecule has 0 saturated carbocycles. The lowest BCUT2D eigenvalue weighted by molar-refractivity contribution is 0.892. The quantitative estimate of drug-likeness (QED) is 0.126. The molecule has 9 rings (SSSR count). The lowest BCUT2D eigenvalue weighted by atomic mass is 9.84. The largest absolute Gasteiger partial charge is 0.372 e. The average molecular weight is 655 g/mol. The van der Waals surface area contributed by atoms with E-state index in [4.69, 9.17) is 5.73 Å². The van der Waals surface area contributed by atoms with Gasteiger partial charge in [0.1, 0.15) is 0 Å². The maximum Gasteiger partial charge on any atom is 0.0628 e. The summed E-state index contributed by atoms with van der Waals surface area (Å²) in [4.78, 5) is 0. The zero-order chi connectivity index (χ0) is 34.1. The predicted octanol–water partition coefficient (Wildman–Crippen LogP) is 11.9. The smallest absolute Gasteiger partial charge is 0.0628 e. The lowest BCUT2D eigenvalue weighted by Gasteiger charge is -2.22. The maximum atomic E-state index is 6.35. The van der Waals surface area contributed by atoms with E-state index >= 15 is 0 Å². The van der Waals surface area contributed by atoms with Crippen molar-refractivity contribution in [3.63, 3.8) is 0 Å². The second-order valence-electron chi connectivity index (χ2n) is 13.4. The first-order valence-corrected chi connectivity index (χ1v) is 17.8. The van der Waals surface area contributed by atoms with E-state index in [-0.39, 0.29) is 5.92 Å². The molecular formula is C49H38N2. The number of hydrogen-bond acceptors (Lipinski definition) is 2. The summed E-state index contributed by atoms with van der Waals surface area (Å²) < 4.78 is 0. The summed E-state index contributed by atoms with van der Waals surface area (Å²) >= 11 is 0. The highest BCUT2D eigenvalue weighted by Gasteiger charge is 2.27. The topological polar surface area (TPSA) is 38.0 Å². The summed E-state index contributed by atoms with van der Waals surface area (Å²) in [6, 6.07) is 61.6. The zero-order valence-electron chi connectivity index (χ0n) is 28.4. The Balaban J connectivity index is 1.32. The van der Waals surface area contributed by atoms with Crippen LogP contribution in [0.15, 0.2) is 188 Å². The van der Waals surface area contributed by atoms with Crippen LogP contribution in [0.4, 0.5) is 0 Å². The molecule has 244 valence electrons. The van der Waals surface area contributed by atoms with Crippen molar-refractivity contribution in [1.29, 1.82) is 0 Å². The van der Waals surface area contributed by atoms with Gasteiger partial charge in [0.05, 0.1) is 6.67 Å². The van der Waals surface area contributed by atoms with Crippen LogP contribution in [-0.2, 0) is 0 Å². The minimum Gasteiger partial charge on any atom is -0.372 e. The minimum atomic E-state index is -0.0491. The monoisotopic (exact) mass is 654 g/mol. The van der Waals surface area contributed by atoms with Gasteiger partial charge in [-0.15, -0.1) is 0 Å². The normalized spacial score (nSPS) is 14.1. The molecule has 1 unspecified atom stereocenters. The van der Waals surface area contributed by atoms with Gasteiger partial charge in [-0.25, -0.2) is 0 Å². The highest BCUT2D eigenvalue weighted by atomic mass is 15.0. The number of rotatable bonds is 8. The molecular weight excluding hydrogens is 617 g/mol. The molecule has 0 saturated heterocycles. The highest BCUT2D eigenvalue weighted by molar-refractivity contribution is 6.12. The van der Waals surface area contributed by atoms with Crippen molar-refractivity contribution in [3.05, 3.63) is 210 Å². The van der Waals surface area contributed by atoms with Gasteiger partial charge in [0, 0.05) is 17.2 Å². The Labute approximate surface area is 298 Å². The Hall–Kier alpha value is -6.22. The number of allylic oxidation sites excluding steroid dienone is 5. The fourth-order valence-electron chi connectivity index (χ4n) is 8.14. The van der Waals surface area contributed by atoms with Crippen molar-refractivity contribution >= 4 is 59.9 Å². The van der Waals surface area contributed by atoms with Gasteiger partial charge in [0.25, 0.3) is 0 Å². The molecule has 1 atom stereocenters. The molecule has 8 aromatic carbocycles. The second-order valence-corrected chi connectivity index (χ2v) is 13.4. The number of nitrogens with one attached hydrogen (secondary N) is 1. The van der Waals surface area contributed by atoms with Crippen LogP contribution >= 0.6 is 0 Å². The minimum absolute atomic E-state index is 0.0491. The Morgan fingerprint density at radius 2 is 1.10 bits per heavy atom. The Morgan fingerprint density at radius 3 is 1.80 bits per heavy atom. The van der Waals surface area contributed by atoms with Crippen molar-refractivity contribution in [2.24, 2.45) is 5.73 Å². The SMILES string of the molecule is NCN/C(=C\C(C1=C(c2cccc3ccccc23)CC(c2cccc3ccccc23)=C1)c1ccccc1)c1cc2ccccc2c2ccccc12.